The second kappa shape index (κ2) is 13.9. The fraction of sp³-hybridized carbons (Fsp3) is 0. The Morgan fingerprint density at radius 1 is 0.338 bits per heavy atom. The van der Waals surface area contributed by atoms with E-state index in [4.69, 9.17) is 18.8 Å². The first-order chi connectivity index (χ1) is 32.2. The zero-order chi connectivity index (χ0) is 42.6. The van der Waals surface area contributed by atoms with Gasteiger partial charge in [0.15, 0.2) is 5.82 Å². The lowest BCUT2D eigenvalue weighted by Gasteiger charge is -2.12. The van der Waals surface area contributed by atoms with Crippen LogP contribution in [0.25, 0.3) is 138 Å². The molecule has 0 bridgehead atoms. The van der Waals surface area contributed by atoms with Gasteiger partial charge in [-0.25, -0.2) is 9.97 Å². The molecule has 0 aliphatic rings. The van der Waals surface area contributed by atoms with Gasteiger partial charge in [-0.05, 0) is 82.1 Å². The normalized spacial score (nSPS) is 12.0. The highest BCUT2D eigenvalue weighted by molar-refractivity contribution is 6.25. The van der Waals surface area contributed by atoms with Crippen LogP contribution < -0.4 is 0 Å². The molecule has 0 saturated carbocycles. The van der Waals surface area contributed by atoms with Gasteiger partial charge < -0.3 is 13.4 Å². The lowest BCUT2D eigenvalue weighted by molar-refractivity contribution is 0.669. The number of hydrogen-bond donors (Lipinski definition) is 0. The molecular formula is C60H35N3O2. The second-order valence-electron chi connectivity index (χ2n) is 16.8. The summed E-state index contributed by atoms with van der Waals surface area (Å²) in [5.41, 5.74) is 15.0. The first kappa shape index (κ1) is 35.8. The van der Waals surface area contributed by atoms with Crippen molar-refractivity contribution in [1.82, 2.24) is 14.5 Å². The minimum Gasteiger partial charge on any atom is -0.456 e. The first-order valence-electron chi connectivity index (χ1n) is 22.0. The minimum atomic E-state index is 0.646. The summed E-state index contributed by atoms with van der Waals surface area (Å²) in [5.74, 6) is 0.646. The van der Waals surface area contributed by atoms with Gasteiger partial charge in [0.2, 0.25) is 0 Å². The Hall–Kier alpha value is -8.80. The van der Waals surface area contributed by atoms with Gasteiger partial charge in [-0.2, -0.15) is 0 Å². The second-order valence-corrected chi connectivity index (χ2v) is 16.8. The van der Waals surface area contributed by atoms with Crippen LogP contribution in [0.2, 0.25) is 0 Å². The van der Waals surface area contributed by atoms with Crippen molar-refractivity contribution in [3.05, 3.63) is 212 Å². The van der Waals surface area contributed by atoms with Crippen molar-refractivity contribution in [3.8, 4) is 50.6 Å². The van der Waals surface area contributed by atoms with Crippen molar-refractivity contribution in [2.24, 2.45) is 0 Å². The van der Waals surface area contributed by atoms with Gasteiger partial charge in [-0.15, -0.1) is 0 Å². The van der Waals surface area contributed by atoms with Crippen molar-refractivity contribution in [3.63, 3.8) is 0 Å². The summed E-state index contributed by atoms with van der Waals surface area (Å²) in [7, 11) is 0. The minimum absolute atomic E-state index is 0.646. The Morgan fingerprint density at radius 3 is 1.86 bits per heavy atom. The Kier molecular flexibility index (Phi) is 7.62. The summed E-state index contributed by atoms with van der Waals surface area (Å²) in [5, 5.41) is 10.1. The molecule has 14 rings (SSSR count). The number of para-hydroxylation sites is 5. The molecule has 10 aromatic carbocycles. The summed E-state index contributed by atoms with van der Waals surface area (Å²) in [6, 6.07) is 74.9. The molecule has 4 heterocycles. The SMILES string of the molecule is c1ccc(-n2c3ccccc3c3c4ccccc4c(-c4ccc5oc6cccc(-c7nc(-c8ccc(-c9cccc%10c9oc9ccccc9%10)cc8)c8ccccc8n7)c6c5c4)cc32)cc1. The molecule has 0 radical (unpaired) electrons. The molecule has 0 unspecified atom stereocenters. The molecule has 4 aromatic heterocycles. The van der Waals surface area contributed by atoms with Gasteiger partial charge in [-0.3, -0.25) is 0 Å². The lowest BCUT2D eigenvalue weighted by atomic mass is 9.93. The molecular weight excluding hydrogens is 795 g/mol. The van der Waals surface area contributed by atoms with Crippen LogP contribution in [0.15, 0.2) is 221 Å². The average Bonchev–Trinajstić information content (AvgIpc) is 4.06. The van der Waals surface area contributed by atoms with Crippen LogP contribution in [-0.4, -0.2) is 14.5 Å². The monoisotopic (exact) mass is 829 g/mol. The van der Waals surface area contributed by atoms with Crippen LogP contribution in [0.1, 0.15) is 0 Å². The zero-order valence-electron chi connectivity index (χ0n) is 34.9. The Labute approximate surface area is 372 Å². The average molecular weight is 830 g/mol. The number of hydrogen-bond acceptors (Lipinski definition) is 4. The van der Waals surface area contributed by atoms with Gasteiger partial charge in [-0.1, -0.05) is 158 Å². The highest BCUT2D eigenvalue weighted by Crippen LogP contribution is 2.44. The molecule has 302 valence electrons. The van der Waals surface area contributed by atoms with E-state index >= 15 is 0 Å². The molecule has 0 amide bonds. The molecule has 14 aromatic rings. The molecule has 65 heavy (non-hydrogen) atoms. The van der Waals surface area contributed by atoms with Crippen molar-refractivity contribution in [2.45, 2.75) is 0 Å². The number of furan rings is 2. The number of benzene rings is 10. The highest BCUT2D eigenvalue weighted by atomic mass is 16.3. The maximum Gasteiger partial charge on any atom is 0.161 e. The van der Waals surface area contributed by atoms with Gasteiger partial charge in [0.05, 0.1) is 22.2 Å². The lowest BCUT2D eigenvalue weighted by Crippen LogP contribution is -1.95. The van der Waals surface area contributed by atoms with Crippen molar-refractivity contribution < 1.29 is 8.83 Å². The van der Waals surface area contributed by atoms with Crippen LogP contribution in [0, 0.1) is 0 Å². The summed E-state index contributed by atoms with van der Waals surface area (Å²) in [6.45, 7) is 0. The van der Waals surface area contributed by atoms with E-state index in [-0.39, 0.29) is 0 Å². The zero-order valence-corrected chi connectivity index (χ0v) is 34.9. The van der Waals surface area contributed by atoms with Crippen LogP contribution in [-0.2, 0) is 0 Å². The van der Waals surface area contributed by atoms with E-state index in [0.29, 0.717) is 5.82 Å². The van der Waals surface area contributed by atoms with E-state index in [1.165, 1.54) is 32.6 Å². The topological polar surface area (TPSA) is 57.0 Å². The van der Waals surface area contributed by atoms with Crippen molar-refractivity contribution >= 4 is 87.4 Å². The fourth-order valence-corrected chi connectivity index (χ4v) is 10.3. The van der Waals surface area contributed by atoms with Crippen LogP contribution >= 0.6 is 0 Å². The number of aromatic nitrogens is 3. The summed E-state index contributed by atoms with van der Waals surface area (Å²) in [4.78, 5) is 10.6. The van der Waals surface area contributed by atoms with Crippen LogP contribution in [0.4, 0.5) is 0 Å². The van der Waals surface area contributed by atoms with Gasteiger partial charge in [0.25, 0.3) is 0 Å². The smallest absolute Gasteiger partial charge is 0.161 e. The molecule has 0 saturated heterocycles. The third kappa shape index (κ3) is 5.39. The van der Waals surface area contributed by atoms with Crippen molar-refractivity contribution in [2.75, 3.05) is 0 Å². The number of fused-ring (bicyclic) bond motifs is 12. The predicted octanol–water partition coefficient (Wildman–Crippen LogP) is 16.3. The fourth-order valence-electron chi connectivity index (χ4n) is 10.3. The first-order valence-corrected chi connectivity index (χ1v) is 22.0. The molecule has 0 N–H and O–H groups in total. The third-order valence-corrected chi connectivity index (χ3v) is 13.2. The van der Waals surface area contributed by atoms with Crippen LogP contribution in [0.5, 0.6) is 0 Å². The quantitative estimate of drug-likeness (QED) is 0.173. The highest BCUT2D eigenvalue weighted by Gasteiger charge is 2.21. The third-order valence-electron chi connectivity index (χ3n) is 13.2. The largest absolute Gasteiger partial charge is 0.456 e. The summed E-state index contributed by atoms with van der Waals surface area (Å²) in [6.07, 6.45) is 0. The molecule has 0 spiro atoms. The van der Waals surface area contributed by atoms with Gasteiger partial charge >= 0.3 is 0 Å². The Balaban J connectivity index is 0.939. The molecule has 0 fully saturated rings. The molecule has 5 nitrogen and oxygen atoms in total. The molecule has 0 atom stereocenters. The van der Waals surface area contributed by atoms with Gasteiger partial charge in [0, 0.05) is 60.1 Å². The van der Waals surface area contributed by atoms with Crippen molar-refractivity contribution in [1.29, 1.82) is 0 Å². The van der Waals surface area contributed by atoms with E-state index in [0.717, 1.165) is 99.5 Å². The number of rotatable bonds is 5. The molecule has 5 heteroatoms. The predicted molar refractivity (Wildman–Crippen MR) is 268 cm³/mol. The van der Waals surface area contributed by atoms with E-state index in [9.17, 15) is 0 Å². The Bertz CT molecular complexity index is 4230. The Morgan fingerprint density at radius 2 is 0.985 bits per heavy atom. The maximum absolute atomic E-state index is 6.62. The standard InChI is InChI=1S/C60H35N3O2/c1-2-14-39(15-3-1)63-51-25-10-7-20-46(51)56-43-18-5-4-16-41(43)48(35-52(56)63)38-32-33-54-49(34-38)57-47(23-13-27-55(57)64-54)60-61-50-24-9-6-19-45(50)58(62-60)37-30-28-36(29-31-37)40-21-12-22-44-42-17-8-11-26-53(42)65-59(40)44/h1-35H. The molecule has 0 aliphatic heterocycles. The van der Waals surface area contributed by atoms with Gasteiger partial charge in [0.1, 0.15) is 22.3 Å². The van der Waals surface area contributed by atoms with E-state index in [1.54, 1.807) is 0 Å². The summed E-state index contributed by atoms with van der Waals surface area (Å²) >= 11 is 0. The van der Waals surface area contributed by atoms with Crippen LogP contribution in [0.3, 0.4) is 0 Å². The number of nitrogens with zero attached hydrogens (tertiary/aromatic N) is 3. The van der Waals surface area contributed by atoms with E-state index in [2.05, 4.69) is 187 Å². The summed E-state index contributed by atoms with van der Waals surface area (Å²) < 4.78 is 15.4. The molecule has 0 aliphatic carbocycles. The van der Waals surface area contributed by atoms with E-state index < -0.39 is 0 Å². The van der Waals surface area contributed by atoms with E-state index in [1.807, 2.05) is 30.3 Å². The maximum atomic E-state index is 6.62.